The van der Waals surface area contributed by atoms with Crippen molar-refractivity contribution in [1.29, 1.82) is 0 Å². The van der Waals surface area contributed by atoms with Crippen molar-refractivity contribution in [3.63, 3.8) is 0 Å². The lowest BCUT2D eigenvalue weighted by molar-refractivity contribution is -0.384. The van der Waals surface area contributed by atoms with Crippen LogP contribution in [0.25, 0.3) is 0 Å². The van der Waals surface area contributed by atoms with Gasteiger partial charge >= 0.3 is 0 Å². The summed E-state index contributed by atoms with van der Waals surface area (Å²) in [6, 6.07) is 6.11. The zero-order chi connectivity index (χ0) is 17.1. The Morgan fingerprint density at radius 3 is 2.67 bits per heavy atom. The number of hydrogen-bond acceptors (Lipinski definition) is 5. The number of nitro groups is 1. The molecule has 1 aliphatic carbocycles. The lowest BCUT2D eigenvalue weighted by Gasteiger charge is -2.15. The number of non-ortho nitro benzene ring substituents is 1. The Balaban J connectivity index is 1.38. The van der Waals surface area contributed by atoms with Crippen LogP contribution in [0.2, 0.25) is 0 Å². The average Bonchev–Trinajstić information content (AvgIpc) is 3.34. The van der Waals surface area contributed by atoms with Crippen molar-refractivity contribution in [2.75, 3.05) is 19.7 Å². The van der Waals surface area contributed by atoms with E-state index in [1.54, 1.807) is 0 Å². The number of nitrogens with zero attached hydrogens (tertiary/aromatic N) is 2. The van der Waals surface area contributed by atoms with Crippen molar-refractivity contribution in [3.05, 3.63) is 34.4 Å². The van der Waals surface area contributed by atoms with Crippen LogP contribution in [-0.4, -0.2) is 47.4 Å². The predicted octanol–water partition coefficient (Wildman–Crippen LogP) is 1.10. The lowest BCUT2D eigenvalue weighted by atomic mass is 10.1. The number of rotatable bonds is 7. The monoisotopic (exact) mass is 333 g/mol. The van der Waals surface area contributed by atoms with Crippen molar-refractivity contribution in [3.8, 4) is 5.75 Å². The standard InChI is InChI=1S/C16H19N3O5/c20-15-9-11(10-18(15)12-1-2-12)16(21)17-7-8-24-14-5-3-13(4-6-14)19(22)23/h3-6,11-12H,1-2,7-10H2,(H,17,21)/t11-/m0/s1. The number of carbonyl (C=O) groups excluding carboxylic acids is 2. The molecule has 3 rings (SSSR count). The smallest absolute Gasteiger partial charge is 0.269 e. The Kier molecular flexibility index (Phi) is 4.64. The molecule has 2 fully saturated rings. The molecule has 0 bridgehead atoms. The van der Waals surface area contributed by atoms with Gasteiger partial charge < -0.3 is 15.0 Å². The summed E-state index contributed by atoms with van der Waals surface area (Å²) >= 11 is 0. The molecule has 8 nitrogen and oxygen atoms in total. The van der Waals surface area contributed by atoms with Gasteiger partial charge in [0, 0.05) is 31.1 Å². The minimum atomic E-state index is -0.474. The van der Waals surface area contributed by atoms with Gasteiger partial charge in [0.1, 0.15) is 12.4 Å². The molecule has 128 valence electrons. The summed E-state index contributed by atoms with van der Waals surface area (Å²) in [7, 11) is 0. The Morgan fingerprint density at radius 1 is 1.33 bits per heavy atom. The fraction of sp³-hybridized carbons (Fsp3) is 0.500. The fourth-order valence-electron chi connectivity index (χ4n) is 2.80. The summed E-state index contributed by atoms with van der Waals surface area (Å²) in [5, 5.41) is 13.3. The molecule has 2 aliphatic rings. The van der Waals surface area contributed by atoms with Gasteiger partial charge in [0.05, 0.1) is 17.4 Å². The van der Waals surface area contributed by atoms with Crippen molar-refractivity contribution in [2.24, 2.45) is 5.92 Å². The number of benzene rings is 1. The first-order chi connectivity index (χ1) is 11.5. The van der Waals surface area contributed by atoms with Gasteiger partial charge in [-0.3, -0.25) is 19.7 Å². The van der Waals surface area contributed by atoms with Crippen molar-refractivity contribution < 1.29 is 19.2 Å². The third kappa shape index (κ3) is 3.81. The number of carbonyl (C=O) groups is 2. The van der Waals surface area contributed by atoms with Crippen LogP contribution in [0, 0.1) is 16.0 Å². The van der Waals surface area contributed by atoms with Gasteiger partial charge in [0.25, 0.3) is 5.69 Å². The molecule has 1 N–H and O–H groups in total. The molecular weight excluding hydrogens is 314 g/mol. The molecular formula is C16H19N3O5. The van der Waals surface area contributed by atoms with Gasteiger partial charge in [0.2, 0.25) is 11.8 Å². The number of hydrogen-bond donors (Lipinski definition) is 1. The van der Waals surface area contributed by atoms with Crippen LogP contribution in [-0.2, 0) is 9.59 Å². The van der Waals surface area contributed by atoms with Crippen LogP contribution >= 0.6 is 0 Å². The van der Waals surface area contributed by atoms with Crippen LogP contribution in [0.5, 0.6) is 5.75 Å². The van der Waals surface area contributed by atoms with Crippen LogP contribution in [0.3, 0.4) is 0 Å². The zero-order valence-electron chi connectivity index (χ0n) is 13.1. The molecule has 0 radical (unpaired) electrons. The summed E-state index contributed by atoms with van der Waals surface area (Å²) < 4.78 is 5.43. The van der Waals surface area contributed by atoms with E-state index in [-0.39, 0.29) is 36.4 Å². The van der Waals surface area contributed by atoms with Crippen LogP contribution in [0.1, 0.15) is 19.3 Å². The number of likely N-dealkylation sites (tertiary alicyclic amines) is 1. The Labute approximate surface area is 138 Å². The number of amides is 2. The van der Waals surface area contributed by atoms with Crippen molar-refractivity contribution >= 4 is 17.5 Å². The Hall–Kier alpha value is -2.64. The minimum Gasteiger partial charge on any atom is -0.492 e. The molecule has 8 heteroatoms. The number of nitrogens with one attached hydrogen (secondary N) is 1. The molecule has 0 unspecified atom stereocenters. The van der Waals surface area contributed by atoms with Gasteiger partial charge in [-0.15, -0.1) is 0 Å². The normalized spacial score (nSPS) is 20.1. The highest BCUT2D eigenvalue weighted by Crippen LogP contribution is 2.32. The summed E-state index contributed by atoms with van der Waals surface area (Å²) in [5.74, 6) is 0.168. The SMILES string of the molecule is O=C(NCCOc1ccc([N+](=O)[O-])cc1)[C@H]1CC(=O)N(C2CC2)C1. The topological polar surface area (TPSA) is 102 Å². The summed E-state index contributed by atoms with van der Waals surface area (Å²) in [6.07, 6.45) is 2.37. The quantitative estimate of drug-likeness (QED) is 0.457. The summed E-state index contributed by atoms with van der Waals surface area (Å²) in [6.45, 7) is 1.10. The molecule has 2 amide bonds. The number of ether oxygens (including phenoxy) is 1. The van der Waals surface area contributed by atoms with E-state index in [0.29, 0.717) is 24.9 Å². The molecule has 1 saturated carbocycles. The largest absolute Gasteiger partial charge is 0.492 e. The molecule has 0 spiro atoms. The van der Waals surface area contributed by atoms with Crippen LogP contribution in [0.4, 0.5) is 5.69 Å². The second kappa shape index (κ2) is 6.86. The first-order valence-electron chi connectivity index (χ1n) is 7.99. The third-order valence-electron chi connectivity index (χ3n) is 4.23. The van der Waals surface area contributed by atoms with Gasteiger partial charge in [-0.05, 0) is 25.0 Å². The second-order valence-electron chi connectivity index (χ2n) is 6.07. The van der Waals surface area contributed by atoms with Gasteiger partial charge in [-0.25, -0.2) is 0 Å². The highest BCUT2D eigenvalue weighted by Gasteiger charge is 2.41. The molecule has 24 heavy (non-hydrogen) atoms. The van der Waals surface area contributed by atoms with Gasteiger partial charge in [0.15, 0.2) is 0 Å². The highest BCUT2D eigenvalue weighted by atomic mass is 16.6. The summed E-state index contributed by atoms with van der Waals surface area (Å²) in [4.78, 5) is 35.8. The van der Waals surface area contributed by atoms with Gasteiger partial charge in [-0.1, -0.05) is 0 Å². The van der Waals surface area contributed by atoms with E-state index in [9.17, 15) is 19.7 Å². The molecule has 1 heterocycles. The first kappa shape index (κ1) is 16.2. The first-order valence-corrected chi connectivity index (χ1v) is 7.99. The van der Waals surface area contributed by atoms with Crippen molar-refractivity contribution in [1.82, 2.24) is 10.2 Å². The maximum atomic E-state index is 12.1. The number of nitro benzene ring substituents is 1. The fourth-order valence-corrected chi connectivity index (χ4v) is 2.80. The van der Waals surface area contributed by atoms with E-state index < -0.39 is 4.92 Å². The van der Waals surface area contributed by atoms with E-state index in [1.807, 2.05) is 4.90 Å². The Morgan fingerprint density at radius 2 is 2.04 bits per heavy atom. The zero-order valence-corrected chi connectivity index (χ0v) is 13.1. The summed E-state index contributed by atoms with van der Waals surface area (Å²) in [5.41, 5.74) is 0.00164. The molecule has 1 aliphatic heterocycles. The second-order valence-corrected chi connectivity index (χ2v) is 6.07. The maximum absolute atomic E-state index is 12.1. The average molecular weight is 333 g/mol. The van der Waals surface area contributed by atoms with E-state index in [0.717, 1.165) is 12.8 Å². The minimum absolute atomic E-state index is 0.00164. The molecule has 1 aromatic rings. The van der Waals surface area contributed by atoms with E-state index in [1.165, 1.54) is 24.3 Å². The molecule has 0 aromatic heterocycles. The van der Waals surface area contributed by atoms with Gasteiger partial charge in [-0.2, -0.15) is 0 Å². The maximum Gasteiger partial charge on any atom is 0.269 e. The lowest BCUT2D eigenvalue weighted by Crippen LogP contribution is -2.35. The van der Waals surface area contributed by atoms with Crippen LogP contribution < -0.4 is 10.1 Å². The van der Waals surface area contributed by atoms with E-state index in [2.05, 4.69) is 5.32 Å². The van der Waals surface area contributed by atoms with E-state index >= 15 is 0 Å². The molecule has 1 saturated heterocycles. The van der Waals surface area contributed by atoms with Crippen LogP contribution in [0.15, 0.2) is 24.3 Å². The third-order valence-corrected chi connectivity index (χ3v) is 4.23. The Bertz CT molecular complexity index is 642. The van der Waals surface area contributed by atoms with Crippen molar-refractivity contribution in [2.45, 2.75) is 25.3 Å². The molecule has 1 aromatic carbocycles. The van der Waals surface area contributed by atoms with E-state index in [4.69, 9.17) is 4.74 Å². The predicted molar refractivity (Wildman–Crippen MR) is 84.4 cm³/mol. The highest BCUT2D eigenvalue weighted by molar-refractivity contribution is 5.89. The molecule has 1 atom stereocenters.